The lowest BCUT2D eigenvalue weighted by Gasteiger charge is -1.96. The average molecular weight is 187 g/mol. The molecule has 0 spiro atoms. The Balaban J connectivity index is 2.53. The number of rotatable bonds is 3. The van der Waals surface area contributed by atoms with Crippen LogP contribution in [-0.2, 0) is 0 Å². The molecule has 0 unspecified atom stereocenters. The van der Waals surface area contributed by atoms with Crippen molar-refractivity contribution in [3.05, 3.63) is 10.8 Å². The van der Waals surface area contributed by atoms with E-state index in [-0.39, 0.29) is 19.1 Å². The second-order valence-corrected chi connectivity index (χ2v) is 2.88. The van der Waals surface area contributed by atoms with Crippen molar-refractivity contribution in [2.24, 2.45) is 0 Å². The Morgan fingerprint density at radius 3 is 3.00 bits per heavy atom. The molecule has 12 heavy (non-hydrogen) atoms. The molecule has 66 valence electrons. The van der Waals surface area contributed by atoms with Gasteiger partial charge in [-0.25, -0.2) is 4.98 Å². The van der Waals surface area contributed by atoms with Crippen molar-refractivity contribution >= 4 is 17.4 Å². The van der Waals surface area contributed by atoms with Gasteiger partial charge in [0.15, 0.2) is 0 Å². The molecule has 1 rings (SSSR count). The molecule has 0 bridgehead atoms. The van der Waals surface area contributed by atoms with Crippen LogP contribution in [0.25, 0.3) is 0 Å². The Morgan fingerprint density at radius 1 is 1.75 bits per heavy atom. The largest absolute Gasteiger partial charge is 0.395 e. The zero-order chi connectivity index (χ0) is 8.97. The number of aliphatic hydroxyl groups is 1. The normalized spacial score (nSPS) is 9.83. The molecule has 0 aliphatic rings. The summed E-state index contributed by atoms with van der Waals surface area (Å²) in [4.78, 5) is 15.0. The number of aliphatic hydroxyl groups excluding tert-OH is 1. The van der Waals surface area contributed by atoms with E-state index in [1.54, 1.807) is 6.92 Å². The number of aryl methyl sites for hydroxylation is 1. The van der Waals surface area contributed by atoms with Gasteiger partial charge in [0.05, 0.1) is 6.61 Å². The van der Waals surface area contributed by atoms with Gasteiger partial charge in [-0.3, -0.25) is 4.79 Å². The molecule has 0 aromatic carbocycles. The van der Waals surface area contributed by atoms with Gasteiger partial charge in [-0.2, -0.15) is 4.37 Å². The van der Waals surface area contributed by atoms with Gasteiger partial charge < -0.3 is 10.4 Å². The lowest BCUT2D eigenvalue weighted by Crippen LogP contribution is -2.26. The summed E-state index contributed by atoms with van der Waals surface area (Å²) in [7, 11) is 0. The average Bonchev–Trinajstić information content (AvgIpc) is 2.47. The first-order valence-corrected chi connectivity index (χ1v) is 4.20. The molecule has 1 amide bonds. The Labute approximate surface area is 73.6 Å². The minimum atomic E-state index is -0.283. The van der Waals surface area contributed by atoms with E-state index in [0.29, 0.717) is 10.8 Å². The molecule has 1 heterocycles. The van der Waals surface area contributed by atoms with Crippen LogP contribution in [0.3, 0.4) is 0 Å². The lowest BCUT2D eigenvalue weighted by molar-refractivity contribution is 0.0944. The zero-order valence-corrected chi connectivity index (χ0v) is 7.39. The molecule has 1 aromatic heterocycles. The number of carbonyl (C=O) groups is 1. The molecule has 1 aromatic rings. The van der Waals surface area contributed by atoms with Crippen molar-refractivity contribution in [2.45, 2.75) is 6.92 Å². The van der Waals surface area contributed by atoms with Gasteiger partial charge in [-0.1, -0.05) is 0 Å². The highest BCUT2D eigenvalue weighted by atomic mass is 32.1. The second-order valence-electron chi connectivity index (χ2n) is 2.13. The molecule has 0 aliphatic carbocycles. The fourth-order valence-electron chi connectivity index (χ4n) is 0.634. The Hall–Kier alpha value is -1.01. The van der Waals surface area contributed by atoms with Gasteiger partial charge in [0.1, 0.15) is 5.82 Å². The highest BCUT2D eigenvalue weighted by molar-refractivity contribution is 7.07. The number of amides is 1. The van der Waals surface area contributed by atoms with Gasteiger partial charge in [0.25, 0.3) is 5.91 Å². The summed E-state index contributed by atoms with van der Waals surface area (Å²) in [6, 6.07) is 0. The summed E-state index contributed by atoms with van der Waals surface area (Å²) in [5.41, 5.74) is 0. The van der Waals surface area contributed by atoms with Gasteiger partial charge >= 0.3 is 0 Å². The molecule has 0 radical (unpaired) electrons. The second kappa shape index (κ2) is 4.13. The predicted octanol–water partition coefficient (Wildman–Crippen LogP) is -0.431. The maximum Gasteiger partial charge on any atom is 0.281 e. The minimum Gasteiger partial charge on any atom is -0.395 e. The molecular formula is C6H9N3O2S. The van der Waals surface area contributed by atoms with Crippen molar-refractivity contribution in [3.63, 3.8) is 0 Å². The number of nitrogens with zero attached hydrogens (tertiary/aromatic N) is 2. The van der Waals surface area contributed by atoms with Crippen LogP contribution in [0, 0.1) is 6.92 Å². The smallest absolute Gasteiger partial charge is 0.281 e. The maximum absolute atomic E-state index is 11.1. The van der Waals surface area contributed by atoms with Crippen LogP contribution in [-0.4, -0.2) is 33.5 Å². The third kappa shape index (κ3) is 2.24. The molecule has 0 fully saturated rings. The standard InChI is InChI=1S/C6H9N3O2S/c1-4-8-6(12-9-4)5(11)7-2-3-10/h10H,2-3H2,1H3,(H,7,11). The van der Waals surface area contributed by atoms with E-state index in [1.807, 2.05) is 0 Å². The van der Waals surface area contributed by atoms with E-state index in [0.717, 1.165) is 11.5 Å². The van der Waals surface area contributed by atoms with E-state index in [2.05, 4.69) is 14.7 Å². The molecule has 0 saturated heterocycles. The van der Waals surface area contributed by atoms with Crippen LogP contribution in [0.4, 0.5) is 0 Å². The number of hydrogen-bond acceptors (Lipinski definition) is 5. The highest BCUT2D eigenvalue weighted by Gasteiger charge is 2.09. The molecular weight excluding hydrogens is 178 g/mol. The number of carbonyl (C=O) groups excluding carboxylic acids is 1. The van der Waals surface area contributed by atoms with Crippen LogP contribution in [0.2, 0.25) is 0 Å². The molecule has 0 aliphatic heterocycles. The van der Waals surface area contributed by atoms with Gasteiger partial charge in [-0.15, -0.1) is 0 Å². The first-order chi connectivity index (χ1) is 5.74. The van der Waals surface area contributed by atoms with Gasteiger partial charge in [0, 0.05) is 6.54 Å². The zero-order valence-electron chi connectivity index (χ0n) is 6.57. The van der Waals surface area contributed by atoms with E-state index in [1.165, 1.54) is 0 Å². The quantitative estimate of drug-likeness (QED) is 0.673. The molecule has 5 nitrogen and oxygen atoms in total. The summed E-state index contributed by atoms with van der Waals surface area (Å²) in [5, 5.41) is 11.2. The minimum absolute atomic E-state index is 0.0659. The van der Waals surface area contributed by atoms with E-state index < -0.39 is 0 Å². The van der Waals surface area contributed by atoms with Crippen LogP contribution in [0.15, 0.2) is 0 Å². The topological polar surface area (TPSA) is 75.1 Å². The number of hydrogen-bond donors (Lipinski definition) is 2. The molecule has 0 atom stereocenters. The fourth-order valence-corrected chi connectivity index (χ4v) is 1.22. The third-order valence-electron chi connectivity index (χ3n) is 1.12. The first kappa shape index (κ1) is 9.08. The summed E-state index contributed by atoms with van der Waals surface area (Å²) in [6.07, 6.45) is 0. The van der Waals surface area contributed by atoms with Crippen LogP contribution < -0.4 is 5.32 Å². The summed E-state index contributed by atoms with van der Waals surface area (Å²) in [6.45, 7) is 1.90. The highest BCUT2D eigenvalue weighted by Crippen LogP contribution is 2.02. The van der Waals surface area contributed by atoms with Crippen molar-refractivity contribution in [1.82, 2.24) is 14.7 Å². The van der Waals surface area contributed by atoms with Crippen molar-refractivity contribution in [1.29, 1.82) is 0 Å². The number of aromatic nitrogens is 2. The van der Waals surface area contributed by atoms with Crippen LogP contribution >= 0.6 is 11.5 Å². The summed E-state index contributed by atoms with van der Waals surface area (Å²) in [5.74, 6) is 0.309. The first-order valence-electron chi connectivity index (χ1n) is 3.43. The Morgan fingerprint density at radius 2 is 2.50 bits per heavy atom. The number of nitrogens with one attached hydrogen (secondary N) is 1. The Kier molecular flexibility index (Phi) is 3.12. The van der Waals surface area contributed by atoms with Crippen LogP contribution in [0.5, 0.6) is 0 Å². The van der Waals surface area contributed by atoms with E-state index >= 15 is 0 Å². The van der Waals surface area contributed by atoms with Gasteiger partial charge in [0.2, 0.25) is 5.01 Å². The fraction of sp³-hybridized carbons (Fsp3) is 0.500. The molecule has 2 N–H and O–H groups in total. The van der Waals surface area contributed by atoms with Crippen molar-refractivity contribution in [3.8, 4) is 0 Å². The molecule has 0 saturated carbocycles. The van der Waals surface area contributed by atoms with Crippen molar-refractivity contribution < 1.29 is 9.90 Å². The summed E-state index contributed by atoms with van der Waals surface area (Å²) < 4.78 is 3.85. The SMILES string of the molecule is Cc1nsc(C(=O)NCCO)n1. The van der Waals surface area contributed by atoms with Gasteiger partial charge in [-0.05, 0) is 18.5 Å². The summed E-state index contributed by atoms with van der Waals surface area (Å²) >= 11 is 1.05. The van der Waals surface area contributed by atoms with E-state index in [4.69, 9.17) is 5.11 Å². The van der Waals surface area contributed by atoms with Crippen LogP contribution in [0.1, 0.15) is 15.6 Å². The molecule has 6 heteroatoms. The Bertz CT molecular complexity index is 274. The van der Waals surface area contributed by atoms with E-state index in [9.17, 15) is 4.79 Å². The lowest BCUT2D eigenvalue weighted by atomic mass is 10.5. The predicted molar refractivity (Wildman–Crippen MR) is 44.1 cm³/mol. The monoisotopic (exact) mass is 187 g/mol. The van der Waals surface area contributed by atoms with Crippen molar-refractivity contribution in [2.75, 3.05) is 13.2 Å². The third-order valence-corrected chi connectivity index (χ3v) is 1.92. The maximum atomic E-state index is 11.1.